The molecule has 1 aliphatic rings. The first-order chi connectivity index (χ1) is 9.61. The van der Waals surface area contributed by atoms with Gasteiger partial charge in [-0.05, 0) is 24.5 Å². The molecule has 1 unspecified atom stereocenters. The first kappa shape index (κ1) is 14.8. The summed E-state index contributed by atoms with van der Waals surface area (Å²) in [5, 5.41) is 9.16. The van der Waals surface area contributed by atoms with E-state index in [1.165, 1.54) is 0 Å². The Kier molecular flexibility index (Phi) is 4.95. The molecule has 20 heavy (non-hydrogen) atoms. The second-order valence-electron chi connectivity index (χ2n) is 5.65. The number of likely N-dealkylation sites (tertiary alicyclic amines) is 1. The van der Waals surface area contributed by atoms with Gasteiger partial charge >= 0.3 is 0 Å². The molecule has 5 heteroatoms. The Morgan fingerprint density at radius 1 is 1.60 bits per heavy atom. The molecule has 1 amide bonds. The monoisotopic (exact) mass is 278 g/mol. The van der Waals surface area contributed by atoms with E-state index in [0.29, 0.717) is 37.1 Å². The predicted octanol–water partition coefficient (Wildman–Crippen LogP) is 1.57. The van der Waals surface area contributed by atoms with Crippen molar-refractivity contribution in [2.75, 3.05) is 26.3 Å². The number of aromatic nitrogens is 1. The number of pyridine rings is 1. The van der Waals surface area contributed by atoms with Gasteiger partial charge in [-0.25, -0.2) is 4.98 Å². The highest BCUT2D eigenvalue weighted by Crippen LogP contribution is 2.22. The van der Waals surface area contributed by atoms with Crippen LogP contribution in [0, 0.1) is 11.8 Å². The van der Waals surface area contributed by atoms with Crippen molar-refractivity contribution in [2.24, 2.45) is 11.8 Å². The molecule has 1 fully saturated rings. The van der Waals surface area contributed by atoms with Crippen molar-refractivity contribution in [1.29, 1.82) is 0 Å². The van der Waals surface area contributed by atoms with E-state index < -0.39 is 0 Å². The van der Waals surface area contributed by atoms with Gasteiger partial charge in [0.2, 0.25) is 5.88 Å². The van der Waals surface area contributed by atoms with Gasteiger partial charge in [-0.3, -0.25) is 4.79 Å². The number of aliphatic hydroxyl groups is 1. The largest absolute Gasteiger partial charge is 0.477 e. The molecule has 5 nitrogen and oxygen atoms in total. The number of rotatable bonds is 5. The highest BCUT2D eigenvalue weighted by molar-refractivity contribution is 5.96. The van der Waals surface area contributed by atoms with Crippen LogP contribution in [0.4, 0.5) is 0 Å². The van der Waals surface area contributed by atoms with Crippen molar-refractivity contribution in [3.8, 4) is 5.88 Å². The van der Waals surface area contributed by atoms with Crippen LogP contribution < -0.4 is 4.74 Å². The fraction of sp³-hybridized carbons (Fsp3) is 0.600. The minimum atomic E-state index is -0.0622. The van der Waals surface area contributed by atoms with E-state index in [4.69, 9.17) is 9.84 Å². The van der Waals surface area contributed by atoms with Crippen LogP contribution in [0.1, 0.15) is 30.6 Å². The maximum atomic E-state index is 12.5. The molecule has 0 radical (unpaired) electrons. The van der Waals surface area contributed by atoms with Crippen molar-refractivity contribution >= 4 is 5.91 Å². The average Bonchev–Trinajstić information content (AvgIpc) is 2.93. The number of amides is 1. The molecule has 110 valence electrons. The summed E-state index contributed by atoms with van der Waals surface area (Å²) in [7, 11) is 0. The van der Waals surface area contributed by atoms with Crippen LogP contribution in [-0.2, 0) is 0 Å². The van der Waals surface area contributed by atoms with Gasteiger partial charge < -0.3 is 14.7 Å². The van der Waals surface area contributed by atoms with Crippen molar-refractivity contribution in [1.82, 2.24) is 9.88 Å². The summed E-state index contributed by atoms with van der Waals surface area (Å²) in [6.07, 6.45) is 2.48. The molecular weight excluding hydrogens is 256 g/mol. The van der Waals surface area contributed by atoms with Crippen LogP contribution in [0.3, 0.4) is 0 Å². The standard InChI is InChI=1S/C15H22N2O3/c1-11(2)10-20-14-13(4-3-6-16-14)15(19)17-7-5-12(8-17)9-18/h3-4,6,11-12,18H,5,7-10H2,1-2H3. The number of ether oxygens (including phenoxy) is 1. The molecule has 1 saturated heterocycles. The molecule has 1 aromatic heterocycles. The van der Waals surface area contributed by atoms with E-state index in [-0.39, 0.29) is 18.4 Å². The third kappa shape index (κ3) is 3.48. The zero-order valence-corrected chi connectivity index (χ0v) is 12.1. The fourth-order valence-corrected chi connectivity index (χ4v) is 2.25. The Morgan fingerprint density at radius 2 is 2.40 bits per heavy atom. The number of hydrogen-bond acceptors (Lipinski definition) is 4. The van der Waals surface area contributed by atoms with E-state index in [1.54, 1.807) is 23.2 Å². The van der Waals surface area contributed by atoms with Crippen molar-refractivity contribution in [3.05, 3.63) is 23.9 Å². The molecule has 1 atom stereocenters. The zero-order valence-electron chi connectivity index (χ0n) is 12.1. The normalized spacial score (nSPS) is 18.6. The highest BCUT2D eigenvalue weighted by Gasteiger charge is 2.28. The quantitative estimate of drug-likeness (QED) is 0.888. The van der Waals surface area contributed by atoms with E-state index in [1.807, 2.05) is 0 Å². The smallest absolute Gasteiger partial charge is 0.259 e. The summed E-state index contributed by atoms with van der Waals surface area (Å²) in [6, 6.07) is 3.49. The van der Waals surface area contributed by atoms with Gasteiger partial charge in [0.1, 0.15) is 5.56 Å². The molecular formula is C15H22N2O3. The van der Waals surface area contributed by atoms with Gasteiger partial charge in [-0.2, -0.15) is 0 Å². The Labute approximate surface area is 119 Å². The van der Waals surface area contributed by atoms with E-state index in [9.17, 15) is 4.79 Å². The van der Waals surface area contributed by atoms with Gasteiger partial charge in [-0.1, -0.05) is 13.8 Å². The number of carbonyl (C=O) groups excluding carboxylic acids is 1. The topological polar surface area (TPSA) is 62.7 Å². The fourth-order valence-electron chi connectivity index (χ4n) is 2.25. The molecule has 2 rings (SSSR count). The molecule has 0 spiro atoms. The minimum Gasteiger partial charge on any atom is -0.477 e. The van der Waals surface area contributed by atoms with Gasteiger partial charge in [-0.15, -0.1) is 0 Å². The second kappa shape index (κ2) is 6.70. The lowest BCUT2D eigenvalue weighted by Crippen LogP contribution is -2.29. The molecule has 0 aromatic carbocycles. The van der Waals surface area contributed by atoms with Crippen molar-refractivity contribution in [3.63, 3.8) is 0 Å². The SMILES string of the molecule is CC(C)COc1ncccc1C(=O)N1CCC(CO)C1. The first-order valence-electron chi connectivity index (χ1n) is 7.09. The predicted molar refractivity (Wildman–Crippen MR) is 75.7 cm³/mol. The Morgan fingerprint density at radius 3 is 3.05 bits per heavy atom. The minimum absolute atomic E-state index is 0.0622. The number of aliphatic hydroxyl groups excluding tert-OH is 1. The number of nitrogens with zero attached hydrogens (tertiary/aromatic N) is 2. The summed E-state index contributed by atoms with van der Waals surface area (Å²) in [5.41, 5.74) is 0.506. The first-order valence-corrected chi connectivity index (χ1v) is 7.09. The summed E-state index contributed by atoms with van der Waals surface area (Å²) >= 11 is 0. The second-order valence-corrected chi connectivity index (χ2v) is 5.65. The van der Waals surface area contributed by atoms with Gasteiger partial charge in [0.15, 0.2) is 0 Å². The Bertz CT molecular complexity index is 462. The molecule has 0 bridgehead atoms. The van der Waals surface area contributed by atoms with Crippen molar-refractivity contribution < 1.29 is 14.6 Å². The highest BCUT2D eigenvalue weighted by atomic mass is 16.5. The zero-order chi connectivity index (χ0) is 14.5. The lowest BCUT2D eigenvalue weighted by molar-refractivity contribution is 0.0775. The molecule has 1 aliphatic heterocycles. The third-order valence-corrected chi connectivity index (χ3v) is 3.39. The summed E-state index contributed by atoms with van der Waals surface area (Å²) < 4.78 is 5.62. The van der Waals surface area contributed by atoms with E-state index in [0.717, 1.165) is 6.42 Å². The summed E-state index contributed by atoms with van der Waals surface area (Å²) in [6.45, 7) is 6.06. The summed E-state index contributed by atoms with van der Waals surface area (Å²) in [5.74, 6) is 0.910. The van der Waals surface area contributed by atoms with Crippen LogP contribution in [0.15, 0.2) is 18.3 Å². The Balaban J connectivity index is 2.09. The maximum Gasteiger partial charge on any atom is 0.259 e. The van der Waals surface area contributed by atoms with Crippen LogP contribution in [0.2, 0.25) is 0 Å². The molecule has 0 aliphatic carbocycles. The average molecular weight is 278 g/mol. The van der Waals surface area contributed by atoms with Crippen LogP contribution in [0.5, 0.6) is 5.88 Å². The van der Waals surface area contributed by atoms with Crippen LogP contribution in [-0.4, -0.2) is 47.2 Å². The maximum absolute atomic E-state index is 12.5. The van der Waals surface area contributed by atoms with Gasteiger partial charge in [0, 0.05) is 31.8 Å². The molecule has 1 N–H and O–H groups in total. The number of hydrogen-bond donors (Lipinski definition) is 1. The molecule has 1 aromatic rings. The lowest BCUT2D eigenvalue weighted by atomic mass is 10.1. The lowest BCUT2D eigenvalue weighted by Gasteiger charge is -2.18. The van der Waals surface area contributed by atoms with Gasteiger partial charge in [0.25, 0.3) is 5.91 Å². The van der Waals surface area contributed by atoms with Crippen LogP contribution >= 0.6 is 0 Å². The number of carbonyl (C=O) groups is 1. The molecule has 2 heterocycles. The van der Waals surface area contributed by atoms with Crippen LogP contribution in [0.25, 0.3) is 0 Å². The van der Waals surface area contributed by atoms with Gasteiger partial charge in [0.05, 0.1) is 6.61 Å². The van der Waals surface area contributed by atoms with E-state index in [2.05, 4.69) is 18.8 Å². The van der Waals surface area contributed by atoms with E-state index >= 15 is 0 Å². The third-order valence-electron chi connectivity index (χ3n) is 3.39. The summed E-state index contributed by atoms with van der Waals surface area (Å²) in [4.78, 5) is 18.4. The molecule has 0 saturated carbocycles. The van der Waals surface area contributed by atoms with Crippen molar-refractivity contribution in [2.45, 2.75) is 20.3 Å². The Hall–Kier alpha value is -1.62.